The van der Waals surface area contributed by atoms with E-state index in [1.165, 1.54) is 26.0 Å². The zero-order chi connectivity index (χ0) is 19.1. The molecule has 0 unspecified atom stereocenters. The van der Waals surface area contributed by atoms with Crippen LogP contribution in [-0.2, 0) is 19.2 Å². The highest BCUT2D eigenvalue weighted by Crippen LogP contribution is 2.32. The second-order valence-corrected chi connectivity index (χ2v) is 6.16. The monoisotopic (exact) mass is 381 g/mol. The summed E-state index contributed by atoms with van der Waals surface area (Å²) in [6, 6.07) is 3.18. The normalized spacial score (nSPS) is 12.3. The molecule has 0 fully saturated rings. The van der Waals surface area contributed by atoms with Gasteiger partial charge >= 0.3 is 16.3 Å². The highest BCUT2D eigenvalue weighted by Gasteiger charge is 2.40. The van der Waals surface area contributed by atoms with Crippen molar-refractivity contribution in [2.45, 2.75) is 19.5 Å². The molecule has 1 aromatic rings. The molecular formula is C14H14F3NO6S. The molecule has 0 saturated heterocycles. The lowest BCUT2D eigenvalue weighted by Crippen LogP contribution is -2.25. The average Bonchev–Trinajstić information content (AvgIpc) is 2.52. The molecule has 0 heterocycles. The maximum Gasteiger partial charge on any atom is 0.437 e. The minimum Gasteiger partial charge on any atom is -0.497 e. The first-order valence-corrected chi connectivity index (χ1v) is 8.33. The smallest absolute Gasteiger partial charge is 0.437 e. The molecular weight excluding hydrogens is 367 g/mol. The molecule has 1 aromatic carbocycles. The number of methoxy groups -OCH3 is 1. The Morgan fingerprint density at radius 1 is 1.36 bits per heavy atom. The van der Waals surface area contributed by atoms with E-state index in [0.29, 0.717) is 6.26 Å². The van der Waals surface area contributed by atoms with Gasteiger partial charge in [-0.3, -0.25) is 4.28 Å². The van der Waals surface area contributed by atoms with Crippen molar-refractivity contribution in [3.8, 4) is 11.5 Å². The van der Waals surface area contributed by atoms with E-state index < -0.39 is 39.1 Å². The fraction of sp³-hybridized carbons (Fsp3) is 0.357. The Hall–Kier alpha value is -2.52. The fourth-order valence-corrected chi connectivity index (χ4v) is 2.41. The first-order chi connectivity index (χ1) is 11.6. The molecule has 25 heavy (non-hydrogen) atoms. The Bertz CT molecular complexity index is 782. The van der Waals surface area contributed by atoms with Crippen LogP contribution < -0.4 is 9.47 Å². The van der Waals surface area contributed by atoms with Crippen molar-refractivity contribution >= 4 is 21.8 Å². The third-order valence-electron chi connectivity index (χ3n) is 2.64. The topological polar surface area (TPSA) is 91.3 Å². The Balaban J connectivity index is 3.43. The number of benzene rings is 1. The predicted octanol–water partition coefficient (Wildman–Crippen LogP) is 2.44. The van der Waals surface area contributed by atoms with E-state index in [4.69, 9.17) is 9.47 Å². The van der Waals surface area contributed by atoms with Gasteiger partial charge in [-0.05, 0) is 18.6 Å². The van der Waals surface area contributed by atoms with Crippen LogP contribution in [0.2, 0.25) is 0 Å². The van der Waals surface area contributed by atoms with Crippen molar-refractivity contribution in [3.63, 3.8) is 0 Å². The van der Waals surface area contributed by atoms with Crippen LogP contribution in [0.25, 0.3) is 0 Å². The summed E-state index contributed by atoms with van der Waals surface area (Å²) in [7, 11) is -2.99. The van der Waals surface area contributed by atoms with Gasteiger partial charge in [0.2, 0.25) is 0 Å². The van der Waals surface area contributed by atoms with E-state index in [9.17, 15) is 26.4 Å². The van der Waals surface area contributed by atoms with Gasteiger partial charge in [0.25, 0.3) is 0 Å². The van der Waals surface area contributed by atoms with Crippen molar-refractivity contribution < 1.29 is 40.1 Å². The van der Waals surface area contributed by atoms with E-state index in [0.717, 1.165) is 12.1 Å². The number of rotatable bonds is 8. The third kappa shape index (κ3) is 6.12. The zero-order valence-electron chi connectivity index (χ0n) is 13.2. The number of nitrogens with zero attached hydrogens (tertiary/aromatic N) is 1. The Kier molecular flexibility index (Phi) is 7.01. The average molecular weight is 381 g/mol. The van der Waals surface area contributed by atoms with Gasteiger partial charge in [-0.1, -0.05) is 12.1 Å². The summed E-state index contributed by atoms with van der Waals surface area (Å²) in [5, 5.41) is 2.75. The summed E-state index contributed by atoms with van der Waals surface area (Å²) in [4.78, 5) is 10.2. The molecule has 7 nitrogen and oxygen atoms in total. The standard InChI is InChI=1S/C14H14F3NO6S/c1-3-8-25(20,21)24-18-13(14(15,16)17)11-5-4-10(22-2)9-12(11)23-7-6-19/h4-5,7,9H,3,8H2,1-2H3. The van der Waals surface area contributed by atoms with Gasteiger partial charge < -0.3 is 9.47 Å². The lowest BCUT2D eigenvalue weighted by molar-refractivity contribution is -0.0597. The third-order valence-corrected chi connectivity index (χ3v) is 3.85. The van der Waals surface area contributed by atoms with Gasteiger partial charge in [0.15, 0.2) is 17.9 Å². The van der Waals surface area contributed by atoms with Crippen molar-refractivity contribution in [2.24, 2.45) is 5.16 Å². The summed E-state index contributed by atoms with van der Waals surface area (Å²) in [5.41, 5.74) is -2.30. The molecule has 0 N–H and O–H groups in total. The summed E-state index contributed by atoms with van der Waals surface area (Å²) in [5.74, 6) is 0.436. The van der Waals surface area contributed by atoms with Gasteiger partial charge in [-0.2, -0.15) is 21.6 Å². The summed E-state index contributed by atoms with van der Waals surface area (Å²) in [6.07, 6.45) is -4.43. The molecule has 0 radical (unpaired) electrons. The number of oxime groups is 1. The van der Waals surface area contributed by atoms with Gasteiger partial charge in [0.1, 0.15) is 11.5 Å². The Morgan fingerprint density at radius 2 is 2.04 bits per heavy atom. The van der Waals surface area contributed by atoms with Gasteiger partial charge in [0, 0.05) is 6.07 Å². The Labute approximate surface area is 141 Å². The van der Waals surface area contributed by atoms with E-state index in [-0.39, 0.29) is 12.2 Å². The maximum absolute atomic E-state index is 13.3. The van der Waals surface area contributed by atoms with Crippen LogP contribution in [0.1, 0.15) is 18.9 Å². The maximum atomic E-state index is 13.3. The van der Waals surface area contributed by atoms with E-state index in [1.807, 2.05) is 0 Å². The molecule has 0 amide bonds. The number of alkyl halides is 3. The predicted molar refractivity (Wildman–Crippen MR) is 81.6 cm³/mol. The van der Waals surface area contributed by atoms with Crippen molar-refractivity contribution in [2.75, 3.05) is 12.9 Å². The van der Waals surface area contributed by atoms with Crippen LogP contribution >= 0.6 is 0 Å². The lowest BCUT2D eigenvalue weighted by Gasteiger charge is -2.14. The van der Waals surface area contributed by atoms with Gasteiger partial charge in [-0.25, -0.2) is 4.79 Å². The molecule has 0 saturated carbocycles. The summed E-state index contributed by atoms with van der Waals surface area (Å²) >= 11 is 0. The summed E-state index contributed by atoms with van der Waals surface area (Å²) in [6.45, 7) is 1.51. The van der Waals surface area contributed by atoms with E-state index in [2.05, 4.69) is 9.44 Å². The van der Waals surface area contributed by atoms with Gasteiger partial charge in [-0.15, -0.1) is 0 Å². The van der Waals surface area contributed by atoms with Crippen molar-refractivity contribution in [3.05, 3.63) is 30.0 Å². The quantitative estimate of drug-likeness (QED) is 0.297. The molecule has 0 spiro atoms. The molecule has 0 atom stereocenters. The number of ether oxygens (including phenoxy) is 2. The highest BCUT2D eigenvalue weighted by molar-refractivity contribution is 7.86. The van der Waals surface area contributed by atoms with Crippen LogP contribution in [0.5, 0.6) is 11.5 Å². The molecule has 138 valence electrons. The molecule has 0 bridgehead atoms. The molecule has 0 aromatic heterocycles. The molecule has 0 aliphatic carbocycles. The largest absolute Gasteiger partial charge is 0.497 e. The Morgan fingerprint density at radius 3 is 2.56 bits per heavy atom. The van der Waals surface area contributed by atoms with E-state index >= 15 is 0 Å². The SMILES string of the molecule is CCCS(=O)(=O)ON=C(c1ccc(OC)cc1OC=C=O)C(F)(F)F. The second kappa shape index (κ2) is 8.54. The van der Waals surface area contributed by atoms with Crippen molar-refractivity contribution in [1.29, 1.82) is 0 Å². The fourth-order valence-electron chi connectivity index (χ4n) is 1.65. The minimum atomic E-state index is -5.06. The lowest BCUT2D eigenvalue weighted by atomic mass is 10.1. The molecule has 0 aliphatic rings. The molecule has 1 rings (SSSR count). The molecule has 11 heteroatoms. The second-order valence-electron chi connectivity index (χ2n) is 4.49. The van der Waals surface area contributed by atoms with Gasteiger partial charge in [0.05, 0.1) is 18.4 Å². The van der Waals surface area contributed by atoms with Crippen LogP contribution in [0.15, 0.2) is 29.6 Å². The number of hydrogen-bond donors (Lipinski definition) is 0. The zero-order valence-corrected chi connectivity index (χ0v) is 14.0. The first-order valence-electron chi connectivity index (χ1n) is 6.75. The van der Waals surface area contributed by atoms with Crippen LogP contribution in [0, 0.1) is 0 Å². The van der Waals surface area contributed by atoms with Crippen LogP contribution in [0.3, 0.4) is 0 Å². The van der Waals surface area contributed by atoms with Crippen molar-refractivity contribution in [1.82, 2.24) is 0 Å². The minimum absolute atomic E-state index is 0.138. The first kappa shape index (κ1) is 20.5. The number of hydrogen-bond acceptors (Lipinski definition) is 7. The number of halogens is 3. The number of carbonyl (C=O) groups excluding carboxylic acids is 1. The van der Waals surface area contributed by atoms with Crippen LogP contribution in [0.4, 0.5) is 13.2 Å². The van der Waals surface area contributed by atoms with E-state index in [1.54, 1.807) is 0 Å². The summed E-state index contributed by atoms with van der Waals surface area (Å²) < 4.78 is 76.4. The highest BCUT2D eigenvalue weighted by atomic mass is 32.2. The molecule has 0 aliphatic heterocycles. The van der Waals surface area contributed by atoms with Crippen LogP contribution in [-0.4, -0.2) is 39.1 Å².